The molecule has 2 heterocycles. The van der Waals surface area contributed by atoms with Crippen LogP contribution in [0.2, 0.25) is 0 Å². The van der Waals surface area contributed by atoms with Crippen molar-refractivity contribution in [3.8, 4) is 0 Å². The Morgan fingerprint density at radius 3 is 2.90 bits per heavy atom. The van der Waals surface area contributed by atoms with Crippen LogP contribution in [0.4, 0.5) is 11.5 Å². The zero-order chi connectivity index (χ0) is 14.7. The highest BCUT2D eigenvalue weighted by Gasteiger charge is 2.26. The van der Waals surface area contributed by atoms with Gasteiger partial charge in [0.15, 0.2) is 0 Å². The van der Waals surface area contributed by atoms with E-state index in [2.05, 4.69) is 17.3 Å². The summed E-state index contributed by atoms with van der Waals surface area (Å²) in [5.41, 5.74) is 0.492. The second-order valence-electron chi connectivity index (χ2n) is 4.66. The van der Waals surface area contributed by atoms with Gasteiger partial charge in [0.1, 0.15) is 5.69 Å². The summed E-state index contributed by atoms with van der Waals surface area (Å²) in [6.07, 6.45) is 1.92. The largest absolute Gasteiger partial charge is 0.357 e. The van der Waals surface area contributed by atoms with E-state index in [4.69, 9.17) is 0 Å². The average molecular weight is 294 g/mol. The Balaban J connectivity index is 2.34. The molecule has 0 spiro atoms. The Morgan fingerprint density at radius 1 is 1.60 bits per heavy atom. The Morgan fingerprint density at radius 2 is 2.35 bits per heavy atom. The van der Waals surface area contributed by atoms with Gasteiger partial charge in [0.25, 0.3) is 0 Å². The van der Waals surface area contributed by atoms with Gasteiger partial charge in [-0.3, -0.25) is 10.1 Å². The van der Waals surface area contributed by atoms with Gasteiger partial charge in [-0.15, -0.1) is 11.3 Å². The third-order valence-corrected chi connectivity index (χ3v) is 4.13. The lowest BCUT2D eigenvalue weighted by molar-refractivity contribution is -0.384. The molecule has 7 heteroatoms. The van der Waals surface area contributed by atoms with E-state index in [0.29, 0.717) is 11.5 Å². The molecule has 0 bridgehead atoms. The van der Waals surface area contributed by atoms with Crippen molar-refractivity contribution < 1.29 is 4.92 Å². The number of rotatable bonds is 6. The van der Waals surface area contributed by atoms with Crippen LogP contribution in [0.25, 0.3) is 0 Å². The molecule has 2 aromatic heterocycles. The van der Waals surface area contributed by atoms with Crippen molar-refractivity contribution in [2.45, 2.75) is 32.7 Å². The summed E-state index contributed by atoms with van der Waals surface area (Å²) in [4.78, 5) is 12.0. The molecule has 20 heavy (non-hydrogen) atoms. The third kappa shape index (κ3) is 2.82. The van der Waals surface area contributed by atoms with Crippen LogP contribution >= 0.6 is 11.3 Å². The first-order valence-electron chi connectivity index (χ1n) is 6.52. The van der Waals surface area contributed by atoms with Gasteiger partial charge in [-0.1, -0.05) is 19.4 Å². The SMILES string of the molecule is CCCC(Nc1c([N+](=O)[O-])c(C)nn1C)c1cccs1. The molecule has 1 unspecified atom stereocenters. The lowest BCUT2D eigenvalue weighted by atomic mass is 10.1. The minimum atomic E-state index is -0.373. The van der Waals surface area contributed by atoms with E-state index >= 15 is 0 Å². The van der Waals surface area contributed by atoms with E-state index in [1.54, 1.807) is 30.0 Å². The molecule has 2 aromatic rings. The van der Waals surface area contributed by atoms with Crippen LogP contribution in [0.3, 0.4) is 0 Å². The third-order valence-electron chi connectivity index (χ3n) is 3.15. The summed E-state index contributed by atoms with van der Waals surface area (Å²) in [7, 11) is 1.72. The fourth-order valence-electron chi connectivity index (χ4n) is 2.26. The fraction of sp³-hybridized carbons (Fsp3) is 0.462. The molecular formula is C13H18N4O2S. The molecule has 0 aliphatic carbocycles. The molecule has 0 aliphatic heterocycles. The second kappa shape index (κ2) is 6.04. The van der Waals surface area contributed by atoms with Crippen LogP contribution < -0.4 is 5.32 Å². The van der Waals surface area contributed by atoms with Gasteiger partial charge in [0, 0.05) is 11.9 Å². The Kier molecular flexibility index (Phi) is 4.39. The van der Waals surface area contributed by atoms with Crippen molar-refractivity contribution in [2.24, 2.45) is 7.05 Å². The molecule has 1 atom stereocenters. The molecule has 0 aromatic carbocycles. The van der Waals surface area contributed by atoms with E-state index in [9.17, 15) is 10.1 Å². The zero-order valence-corrected chi connectivity index (χ0v) is 12.6. The van der Waals surface area contributed by atoms with E-state index in [1.807, 2.05) is 17.5 Å². The van der Waals surface area contributed by atoms with Crippen molar-refractivity contribution in [3.05, 3.63) is 38.2 Å². The van der Waals surface area contributed by atoms with Crippen molar-refractivity contribution >= 4 is 22.8 Å². The van der Waals surface area contributed by atoms with Gasteiger partial charge in [-0.2, -0.15) is 5.10 Å². The number of anilines is 1. The molecule has 0 aliphatic rings. The van der Waals surface area contributed by atoms with Crippen LogP contribution in [0, 0.1) is 17.0 Å². The number of hydrogen-bond acceptors (Lipinski definition) is 5. The smallest absolute Gasteiger partial charge is 0.333 e. The Hall–Kier alpha value is -1.89. The standard InChI is InChI=1S/C13H18N4O2S/c1-4-6-10(11-7-5-8-20-11)14-13-12(17(18)19)9(2)15-16(13)3/h5,7-8,10,14H,4,6H2,1-3H3. The number of thiophene rings is 1. The molecule has 1 N–H and O–H groups in total. The predicted octanol–water partition coefficient (Wildman–Crippen LogP) is 3.65. The molecular weight excluding hydrogens is 276 g/mol. The molecule has 108 valence electrons. The van der Waals surface area contributed by atoms with Gasteiger partial charge in [-0.05, 0) is 24.8 Å². The molecule has 0 saturated heterocycles. The molecule has 2 rings (SSSR count). The first-order valence-corrected chi connectivity index (χ1v) is 7.40. The zero-order valence-electron chi connectivity index (χ0n) is 11.8. The van der Waals surface area contributed by atoms with Gasteiger partial charge in [0.2, 0.25) is 5.82 Å². The van der Waals surface area contributed by atoms with Crippen molar-refractivity contribution in [3.63, 3.8) is 0 Å². The number of nitro groups is 1. The molecule has 0 radical (unpaired) electrons. The Labute approximate surface area is 121 Å². The summed E-state index contributed by atoms with van der Waals surface area (Å²) >= 11 is 1.66. The molecule has 6 nitrogen and oxygen atoms in total. The summed E-state index contributed by atoms with van der Waals surface area (Å²) in [6, 6.07) is 4.12. The minimum absolute atomic E-state index is 0.0603. The van der Waals surface area contributed by atoms with Gasteiger partial charge < -0.3 is 5.32 Å². The highest BCUT2D eigenvalue weighted by molar-refractivity contribution is 7.10. The summed E-state index contributed by atoms with van der Waals surface area (Å²) in [5, 5.41) is 20.6. The maximum Gasteiger partial charge on any atom is 0.333 e. The minimum Gasteiger partial charge on any atom is -0.357 e. The van der Waals surface area contributed by atoms with Crippen molar-refractivity contribution in [1.82, 2.24) is 9.78 Å². The van der Waals surface area contributed by atoms with Crippen LogP contribution in [-0.4, -0.2) is 14.7 Å². The number of nitrogens with zero attached hydrogens (tertiary/aromatic N) is 3. The number of aryl methyl sites for hydroxylation is 2. The fourth-order valence-corrected chi connectivity index (χ4v) is 3.07. The average Bonchev–Trinajstić information content (AvgIpc) is 2.97. The molecule has 0 fully saturated rings. The predicted molar refractivity (Wildman–Crippen MR) is 80.2 cm³/mol. The van der Waals surface area contributed by atoms with E-state index < -0.39 is 0 Å². The molecule has 0 saturated carbocycles. The summed E-state index contributed by atoms with van der Waals surface area (Å²) < 4.78 is 1.55. The first kappa shape index (κ1) is 14.5. The lowest BCUT2D eigenvalue weighted by Crippen LogP contribution is -2.13. The monoisotopic (exact) mass is 294 g/mol. The highest BCUT2D eigenvalue weighted by Crippen LogP contribution is 2.33. The van der Waals surface area contributed by atoms with E-state index in [0.717, 1.165) is 12.8 Å². The van der Waals surface area contributed by atoms with Gasteiger partial charge in [0.05, 0.1) is 11.0 Å². The van der Waals surface area contributed by atoms with E-state index in [1.165, 1.54) is 4.88 Å². The van der Waals surface area contributed by atoms with Crippen LogP contribution in [-0.2, 0) is 7.05 Å². The number of nitrogens with one attached hydrogen (secondary N) is 1. The highest BCUT2D eigenvalue weighted by atomic mass is 32.1. The van der Waals surface area contributed by atoms with Crippen LogP contribution in [0.1, 0.15) is 36.4 Å². The summed E-state index contributed by atoms with van der Waals surface area (Å²) in [5.74, 6) is 0.472. The van der Waals surface area contributed by atoms with Crippen LogP contribution in [0.5, 0.6) is 0 Å². The van der Waals surface area contributed by atoms with Gasteiger partial charge in [-0.25, -0.2) is 4.68 Å². The number of hydrogen-bond donors (Lipinski definition) is 1. The summed E-state index contributed by atoms with van der Waals surface area (Å²) in [6.45, 7) is 3.76. The maximum atomic E-state index is 11.2. The van der Waals surface area contributed by atoms with E-state index in [-0.39, 0.29) is 16.7 Å². The maximum absolute atomic E-state index is 11.2. The number of aromatic nitrogens is 2. The Bertz CT molecular complexity index is 592. The van der Waals surface area contributed by atoms with Crippen molar-refractivity contribution in [1.29, 1.82) is 0 Å². The second-order valence-corrected chi connectivity index (χ2v) is 5.64. The van der Waals surface area contributed by atoms with Crippen molar-refractivity contribution in [2.75, 3.05) is 5.32 Å². The lowest BCUT2D eigenvalue weighted by Gasteiger charge is -2.17. The first-order chi connectivity index (χ1) is 9.54. The van der Waals surface area contributed by atoms with Crippen LogP contribution in [0.15, 0.2) is 17.5 Å². The topological polar surface area (TPSA) is 73.0 Å². The molecule has 0 amide bonds. The normalized spacial score (nSPS) is 12.3. The van der Waals surface area contributed by atoms with Gasteiger partial charge >= 0.3 is 5.69 Å². The quantitative estimate of drug-likeness (QED) is 0.652.